The number of likely N-dealkylation sites (N-methyl/N-ethyl adjacent to an activating group) is 2. The largest absolute Gasteiger partial charge is 0.485 e. The lowest BCUT2D eigenvalue weighted by atomic mass is 10.2. The van der Waals surface area contributed by atoms with Crippen LogP contribution in [0.4, 0.5) is 5.69 Å². The first-order valence-electron chi connectivity index (χ1n) is 9.26. The van der Waals surface area contributed by atoms with Gasteiger partial charge in [-0.25, -0.2) is 0 Å². The maximum absolute atomic E-state index is 6.23. The molecule has 0 bridgehead atoms. The van der Waals surface area contributed by atoms with Gasteiger partial charge in [0.25, 0.3) is 0 Å². The molecular formula is C20H24N6O. The van der Waals surface area contributed by atoms with E-state index in [0.717, 1.165) is 36.9 Å². The Morgan fingerprint density at radius 1 is 1.11 bits per heavy atom. The average molecular weight is 364 g/mol. The van der Waals surface area contributed by atoms with Crippen LogP contribution in [-0.2, 0) is 6.54 Å². The van der Waals surface area contributed by atoms with Crippen molar-refractivity contribution >= 4 is 5.69 Å². The zero-order valence-electron chi connectivity index (χ0n) is 15.7. The second-order valence-corrected chi connectivity index (χ2v) is 6.79. The maximum Gasteiger partial charge on any atom is 0.170 e. The third-order valence-electron chi connectivity index (χ3n) is 4.77. The third-order valence-corrected chi connectivity index (χ3v) is 4.77. The summed E-state index contributed by atoms with van der Waals surface area (Å²) < 4.78 is 8.01. The van der Waals surface area contributed by atoms with Crippen molar-refractivity contribution in [2.24, 2.45) is 0 Å². The molecule has 0 fully saturated rings. The summed E-state index contributed by atoms with van der Waals surface area (Å²) in [6.45, 7) is 5.47. The van der Waals surface area contributed by atoms with Crippen molar-refractivity contribution in [1.82, 2.24) is 25.1 Å². The Labute approximate surface area is 159 Å². The number of fused-ring (bicyclic) bond motifs is 1. The van der Waals surface area contributed by atoms with Gasteiger partial charge in [0, 0.05) is 13.1 Å². The van der Waals surface area contributed by atoms with Gasteiger partial charge in [0.2, 0.25) is 0 Å². The molecule has 0 saturated heterocycles. The van der Waals surface area contributed by atoms with Crippen LogP contribution in [0.3, 0.4) is 0 Å². The van der Waals surface area contributed by atoms with Crippen molar-refractivity contribution < 1.29 is 4.74 Å². The molecular weight excluding hydrogens is 340 g/mol. The molecule has 7 nitrogen and oxygen atoms in total. The number of rotatable bonds is 6. The molecule has 4 rings (SSSR count). The van der Waals surface area contributed by atoms with Gasteiger partial charge < -0.3 is 9.64 Å². The van der Waals surface area contributed by atoms with Gasteiger partial charge >= 0.3 is 0 Å². The molecule has 3 aromatic rings. The van der Waals surface area contributed by atoms with Gasteiger partial charge in [0.05, 0.1) is 24.5 Å². The first-order valence-corrected chi connectivity index (χ1v) is 9.26. The monoisotopic (exact) mass is 364 g/mol. The number of hydrogen-bond acceptors (Lipinski definition) is 6. The molecule has 0 spiro atoms. The average Bonchev–Trinajstić information content (AvgIpc) is 3.16. The smallest absolute Gasteiger partial charge is 0.170 e. The lowest BCUT2D eigenvalue weighted by Crippen LogP contribution is -2.45. The number of hydrogen-bond donors (Lipinski definition) is 0. The summed E-state index contributed by atoms with van der Waals surface area (Å²) in [5.74, 6) is 1.77. The van der Waals surface area contributed by atoms with Crippen molar-refractivity contribution in [1.29, 1.82) is 0 Å². The lowest BCUT2D eigenvalue weighted by molar-refractivity contribution is 0.138. The van der Waals surface area contributed by atoms with E-state index >= 15 is 0 Å². The SMILES string of the molecule is CCN1C[C@H](CN(C)Cc2nnnn2-c2ccccc2)Oc2ccccc21. The number of benzene rings is 2. The summed E-state index contributed by atoms with van der Waals surface area (Å²) in [5, 5.41) is 12.2. The zero-order valence-corrected chi connectivity index (χ0v) is 15.7. The Balaban J connectivity index is 1.44. The van der Waals surface area contributed by atoms with Gasteiger partial charge in [-0.3, -0.25) is 4.90 Å². The summed E-state index contributed by atoms with van der Waals surface area (Å²) in [7, 11) is 2.07. The van der Waals surface area contributed by atoms with Gasteiger partial charge in [-0.1, -0.05) is 30.3 Å². The second-order valence-electron chi connectivity index (χ2n) is 6.79. The molecule has 2 aromatic carbocycles. The molecule has 1 atom stereocenters. The van der Waals surface area contributed by atoms with Crippen LogP contribution in [0, 0.1) is 0 Å². The van der Waals surface area contributed by atoms with Gasteiger partial charge in [0.15, 0.2) is 5.82 Å². The number of nitrogens with zero attached hydrogens (tertiary/aromatic N) is 6. The predicted molar refractivity (Wildman–Crippen MR) is 104 cm³/mol. The number of para-hydroxylation sites is 3. The number of tetrazole rings is 1. The van der Waals surface area contributed by atoms with Gasteiger partial charge in [-0.2, -0.15) is 4.68 Å². The minimum Gasteiger partial charge on any atom is -0.485 e. The molecule has 0 N–H and O–H groups in total. The van der Waals surface area contributed by atoms with Crippen LogP contribution in [0.5, 0.6) is 5.75 Å². The molecule has 140 valence electrons. The van der Waals surface area contributed by atoms with E-state index in [1.165, 1.54) is 5.69 Å². The molecule has 2 heterocycles. The molecule has 1 aliphatic heterocycles. The van der Waals surface area contributed by atoms with Gasteiger partial charge in [-0.05, 0) is 48.7 Å². The summed E-state index contributed by atoms with van der Waals surface area (Å²) in [5.41, 5.74) is 2.14. The summed E-state index contributed by atoms with van der Waals surface area (Å²) in [6, 6.07) is 18.2. The molecule has 1 aliphatic rings. The third kappa shape index (κ3) is 3.78. The minimum atomic E-state index is 0.103. The fraction of sp³-hybridized carbons (Fsp3) is 0.350. The quantitative estimate of drug-likeness (QED) is 0.669. The second kappa shape index (κ2) is 7.75. The van der Waals surface area contributed by atoms with Crippen molar-refractivity contribution in [3.8, 4) is 11.4 Å². The van der Waals surface area contributed by atoms with Crippen LogP contribution in [0.2, 0.25) is 0 Å². The first-order chi connectivity index (χ1) is 13.2. The Kier molecular flexibility index (Phi) is 5.02. The highest BCUT2D eigenvalue weighted by atomic mass is 16.5. The van der Waals surface area contributed by atoms with Crippen molar-refractivity contribution in [2.45, 2.75) is 19.6 Å². The highest BCUT2D eigenvalue weighted by molar-refractivity contribution is 5.60. The highest BCUT2D eigenvalue weighted by Crippen LogP contribution is 2.32. The van der Waals surface area contributed by atoms with Gasteiger partial charge in [0.1, 0.15) is 11.9 Å². The van der Waals surface area contributed by atoms with Gasteiger partial charge in [-0.15, -0.1) is 5.10 Å². The van der Waals surface area contributed by atoms with E-state index in [1.807, 2.05) is 42.5 Å². The van der Waals surface area contributed by atoms with Crippen molar-refractivity contribution in [2.75, 3.05) is 31.6 Å². The number of ether oxygens (including phenoxy) is 1. The summed E-state index contributed by atoms with van der Waals surface area (Å²) >= 11 is 0. The van der Waals surface area contributed by atoms with E-state index in [9.17, 15) is 0 Å². The van der Waals surface area contributed by atoms with E-state index in [2.05, 4.69) is 51.4 Å². The zero-order chi connectivity index (χ0) is 18.6. The normalized spacial score (nSPS) is 16.3. The molecule has 0 radical (unpaired) electrons. The predicted octanol–water partition coefficient (Wildman–Crippen LogP) is 2.38. The van der Waals surface area contributed by atoms with Crippen LogP contribution < -0.4 is 9.64 Å². The molecule has 0 saturated carbocycles. The Hall–Kier alpha value is -2.93. The highest BCUT2D eigenvalue weighted by Gasteiger charge is 2.26. The first kappa shape index (κ1) is 17.5. The van der Waals surface area contributed by atoms with Crippen LogP contribution in [0.25, 0.3) is 5.69 Å². The molecule has 0 amide bonds. The molecule has 1 aromatic heterocycles. The number of anilines is 1. The fourth-order valence-electron chi connectivity index (χ4n) is 3.50. The number of aromatic nitrogens is 4. The van der Waals surface area contributed by atoms with Crippen LogP contribution >= 0.6 is 0 Å². The van der Waals surface area contributed by atoms with E-state index in [4.69, 9.17) is 4.74 Å². The Bertz CT molecular complexity index is 881. The van der Waals surface area contributed by atoms with E-state index in [-0.39, 0.29) is 6.10 Å². The molecule has 27 heavy (non-hydrogen) atoms. The molecule has 0 aliphatic carbocycles. The Morgan fingerprint density at radius 2 is 1.89 bits per heavy atom. The standard InChI is InChI=1S/C20H24N6O/c1-3-25-14-17(27-19-12-8-7-11-18(19)25)13-24(2)15-20-21-22-23-26(20)16-9-5-4-6-10-16/h4-12,17H,3,13-15H2,1-2H3/t17-/m0/s1. The molecule has 7 heteroatoms. The fourth-order valence-corrected chi connectivity index (χ4v) is 3.50. The minimum absolute atomic E-state index is 0.103. The van der Waals surface area contributed by atoms with Crippen LogP contribution in [0.1, 0.15) is 12.7 Å². The van der Waals surface area contributed by atoms with E-state index < -0.39 is 0 Å². The summed E-state index contributed by atoms with van der Waals surface area (Å²) in [6.07, 6.45) is 0.103. The van der Waals surface area contributed by atoms with Crippen molar-refractivity contribution in [3.63, 3.8) is 0 Å². The van der Waals surface area contributed by atoms with Crippen molar-refractivity contribution in [3.05, 3.63) is 60.4 Å². The topological polar surface area (TPSA) is 59.3 Å². The Morgan fingerprint density at radius 3 is 2.70 bits per heavy atom. The lowest BCUT2D eigenvalue weighted by Gasteiger charge is -2.37. The van der Waals surface area contributed by atoms with E-state index in [0.29, 0.717) is 6.54 Å². The summed E-state index contributed by atoms with van der Waals surface area (Å²) in [4.78, 5) is 4.57. The maximum atomic E-state index is 6.23. The van der Waals surface area contributed by atoms with Crippen LogP contribution in [0.15, 0.2) is 54.6 Å². The van der Waals surface area contributed by atoms with Crippen LogP contribution in [-0.4, -0.2) is 57.9 Å². The van der Waals surface area contributed by atoms with E-state index in [1.54, 1.807) is 4.68 Å². The molecule has 0 unspecified atom stereocenters.